The molecule has 0 aliphatic carbocycles. The number of aromatic hydroxyl groups is 1. The van der Waals surface area contributed by atoms with Gasteiger partial charge in [0, 0.05) is 33.7 Å². The highest BCUT2D eigenvalue weighted by molar-refractivity contribution is 6.11. The number of amides is 1. The van der Waals surface area contributed by atoms with Crippen molar-refractivity contribution in [3.05, 3.63) is 60.7 Å². The number of fused-ring (bicyclic) bond motifs is 2. The van der Waals surface area contributed by atoms with Crippen LogP contribution >= 0.6 is 0 Å². The van der Waals surface area contributed by atoms with Crippen LogP contribution in [0.4, 0.5) is 4.79 Å². The normalized spacial score (nSPS) is 10.8. The second-order valence-electron chi connectivity index (χ2n) is 7.23. The molecule has 8 nitrogen and oxygen atoms in total. The first-order valence-electron chi connectivity index (χ1n) is 10.5. The molecule has 0 fully saturated rings. The van der Waals surface area contributed by atoms with Gasteiger partial charge in [0.15, 0.2) is 0 Å². The van der Waals surface area contributed by atoms with Crippen molar-refractivity contribution >= 4 is 33.6 Å². The third-order valence-electron chi connectivity index (χ3n) is 4.75. The molecule has 2 N–H and O–H groups in total. The Morgan fingerprint density at radius 1 is 0.848 bits per heavy atom. The zero-order valence-electron chi connectivity index (χ0n) is 18.5. The summed E-state index contributed by atoms with van der Waals surface area (Å²) in [4.78, 5) is 23.6. The molecule has 0 aliphatic heterocycles. The maximum absolute atomic E-state index is 12.4. The van der Waals surface area contributed by atoms with Gasteiger partial charge in [-0.05, 0) is 6.92 Å². The minimum absolute atomic E-state index is 0.151. The molecule has 0 unspecified atom stereocenters. The van der Waals surface area contributed by atoms with Crippen LogP contribution in [0, 0.1) is 0 Å². The number of carbonyl (C=O) groups is 2. The Bertz CT molecular complexity index is 1090. The third-order valence-corrected chi connectivity index (χ3v) is 4.75. The summed E-state index contributed by atoms with van der Waals surface area (Å²) in [6.45, 7) is 6.69. The molecule has 0 aromatic heterocycles. The molecule has 0 saturated heterocycles. The first-order valence-corrected chi connectivity index (χ1v) is 10.5. The quantitative estimate of drug-likeness (QED) is 0.196. The highest BCUT2D eigenvalue weighted by atomic mass is 16.6. The van der Waals surface area contributed by atoms with E-state index in [2.05, 4.69) is 11.9 Å². The van der Waals surface area contributed by atoms with Crippen LogP contribution in [0.1, 0.15) is 6.92 Å². The van der Waals surface area contributed by atoms with Crippen molar-refractivity contribution in [2.45, 2.75) is 6.92 Å². The molecular weight excluding hydrogens is 426 g/mol. The van der Waals surface area contributed by atoms with Gasteiger partial charge in [0.05, 0.1) is 26.4 Å². The van der Waals surface area contributed by atoms with Gasteiger partial charge < -0.3 is 29.4 Å². The standard InChI is InChI=1S/C25H27NO7/c1-17(2)24(28)32-16-15-31-14-13-30-12-11-26-25(29)33-23-20-9-5-3-7-18(20)22(27)19-8-4-6-10-21(19)23/h3-10,27H,1,11-16H2,2H3,(H,26,29). The molecule has 0 spiro atoms. The number of benzene rings is 3. The number of rotatable bonds is 11. The fourth-order valence-corrected chi connectivity index (χ4v) is 3.17. The van der Waals surface area contributed by atoms with E-state index in [0.29, 0.717) is 46.1 Å². The Kier molecular flexibility index (Phi) is 8.63. The number of nitrogens with one attached hydrogen (secondary N) is 1. The molecule has 0 heterocycles. The van der Waals surface area contributed by atoms with Crippen molar-refractivity contribution in [3.63, 3.8) is 0 Å². The summed E-state index contributed by atoms with van der Waals surface area (Å²) in [5.41, 5.74) is 0.344. The summed E-state index contributed by atoms with van der Waals surface area (Å²) in [7, 11) is 0. The van der Waals surface area contributed by atoms with Gasteiger partial charge in [-0.25, -0.2) is 9.59 Å². The highest BCUT2D eigenvalue weighted by Crippen LogP contribution is 2.41. The molecule has 33 heavy (non-hydrogen) atoms. The average molecular weight is 453 g/mol. The summed E-state index contributed by atoms with van der Waals surface area (Å²) < 4.78 is 21.2. The summed E-state index contributed by atoms with van der Waals surface area (Å²) in [5, 5.41) is 15.8. The average Bonchev–Trinajstić information content (AvgIpc) is 2.82. The predicted octanol–water partition coefficient (Wildman–Crippen LogP) is 3.94. The van der Waals surface area contributed by atoms with Gasteiger partial charge in [-0.3, -0.25) is 0 Å². The van der Waals surface area contributed by atoms with E-state index in [1.165, 1.54) is 0 Å². The Morgan fingerprint density at radius 2 is 1.36 bits per heavy atom. The zero-order chi connectivity index (χ0) is 23.6. The number of hydrogen-bond acceptors (Lipinski definition) is 7. The number of ether oxygens (including phenoxy) is 4. The summed E-state index contributed by atoms with van der Waals surface area (Å²) >= 11 is 0. The third kappa shape index (κ3) is 6.44. The van der Waals surface area contributed by atoms with Crippen molar-refractivity contribution in [3.8, 4) is 11.5 Å². The SMILES string of the molecule is C=C(C)C(=O)OCCOCCOCCNC(=O)Oc1c2ccccc2c(O)c2ccccc12. The van der Waals surface area contributed by atoms with Crippen LogP contribution in [-0.4, -0.2) is 56.7 Å². The Labute approximate surface area is 191 Å². The maximum atomic E-state index is 12.4. The van der Waals surface area contributed by atoms with Gasteiger partial charge in [-0.15, -0.1) is 0 Å². The summed E-state index contributed by atoms with van der Waals surface area (Å²) in [6, 6.07) is 14.4. The van der Waals surface area contributed by atoms with Crippen LogP contribution in [-0.2, 0) is 19.0 Å². The van der Waals surface area contributed by atoms with E-state index in [4.69, 9.17) is 18.9 Å². The molecule has 1 amide bonds. The molecular formula is C25H27NO7. The lowest BCUT2D eigenvalue weighted by molar-refractivity contribution is -0.140. The van der Waals surface area contributed by atoms with Crippen molar-refractivity contribution < 1.29 is 33.6 Å². The molecule has 0 aliphatic rings. The smallest absolute Gasteiger partial charge is 0.412 e. The highest BCUT2D eigenvalue weighted by Gasteiger charge is 2.16. The summed E-state index contributed by atoms with van der Waals surface area (Å²) in [5.74, 6) is 0.0952. The van der Waals surface area contributed by atoms with Crippen molar-refractivity contribution in [1.29, 1.82) is 0 Å². The molecule has 0 bridgehead atoms. The Morgan fingerprint density at radius 3 is 1.94 bits per heavy atom. The fourth-order valence-electron chi connectivity index (χ4n) is 3.17. The van der Waals surface area contributed by atoms with Crippen LogP contribution in [0.2, 0.25) is 0 Å². The van der Waals surface area contributed by atoms with E-state index in [0.717, 1.165) is 0 Å². The maximum Gasteiger partial charge on any atom is 0.412 e. The van der Waals surface area contributed by atoms with Crippen LogP contribution in [0.15, 0.2) is 60.7 Å². The Hall–Kier alpha value is -3.62. The molecule has 174 valence electrons. The second kappa shape index (κ2) is 11.8. The van der Waals surface area contributed by atoms with E-state index in [-0.39, 0.29) is 32.1 Å². The van der Waals surface area contributed by atoms with E-state index >= 15 is 0 Å². The summed E-state index contributed by atoms with van der Waals surface area (Å²) in [6.07, 6.45) is -0.616. The van der Waals surface area contributed by atoms with E-state index < -0.39 is 12.1 Å². The first kappa shape index (κ1) is 24.0. The molecule has 3 aromatic carbocycles. The van der Waals surface area contributed by atoms with E-state index in [1.807, 2.05) is 24.3 Å². The zero-order valence-corrected chi connectivity index (χ0v) is 18.5. The van der Waals surface area contributed by atoms with Gasteiger partial charge in [-0.2, -0.15) is 0 Å². The van der Waals surface area contributed by atoms with Crippen LogP contribution in [0.3, 0.4) is 0 Å². The largest absolute Gasteiger partial charge is 0.507 e. The fraction of sp³-hybridized carbons (Fsp3) is 0.280. The molecule has 0 radical (unpaired) electrons. The van der Waals surface area contributed by atoms with E-state index in [1.54, 1.807) is 31.2 Å². The monoisotopic (exact) mass is 453 g/mol. The lowest BCUT2D eigenvalue weighted by atomic mass is 10.0. The van der Waals surface area contributed by atoms with Gasteiger partial charge in [0.25, 0.3) is 0 Å². The Balaban J connectivity index is 1.42. The lowest BCUT2D eigenvalue weighted by Gasteiger charge is -2.14. The van der Waals surface area contributed by atoms with Gasteiger partial charge in [-0.1, -0.05) is 55.1 Å². The van der Waals surface area contributed by atoms with Crippen LogP contribution < -0.4 is 10.1 Å². The second-order valence-corrected chi connectivity index (χ2v) is 7.23. The first-order chi connectivity index (χ1) is 16.0. The molecule has 8 heteroatoms. The topological polar surface area (TPSA) is 103 Å². The molecule has 3 rings (SSSR count). The van der Waals surface area contributed by atoms with Crippen LogP contribution in [0.25, 0.3) is 21.5 Å². The number of phenolic OH excluding ortho intramolecular Hbond substituents is 1. The molecule has 3 aromatic rings. The van der Waals surface area contributed by atoms with Gasteiger partial charge >= 0.3 is 12.1 Å². The number of carbonyl (C=O) groups excluding carboxylic acids is 2. The molecule has 0 saturated carbocycles. The predicted molar refractivity (Wildman–Crippen MR) is 125 cm³/mol. The minimum Gasteiger partial charge on any atom is -0.507 e. The lowest BCUT2D eigenvalue weighted by Crippen LogP contribution is -2.30. The number of esters is 1. The van der Waals surface area contributed by atoms with E-state index in [9.17, 15) is 14.7 Å². The molecule has 0 atom stereocenters. The van der Waals surface area contributed by atoms with Crippen LogP contribution in [0.5, 0.6) is 11.5 Å². The minimum atomic E-state index is -0.616. The number of hydrogen-bond donors (Lipinski definition) is 2. The van der Waals surface area contributed by atoms with Crippen molar-refractivity contribution in [1.82, 2.24) is 5.32 Å². The number of phenols is 1. The van der Waals surface area contributed by atoms with Crippen molar-refractivity contribution in [2.24, 2.45) is 0 Å². The van der Waals surface area contributed by atoms with Crippen molar-refractivity contribution in [2.75, 3.05) is 39.6 Å². The van der Waals surface area contributed by atoms with Gasteiger partial charge in [0.1, 0.15) is 18.1 Å². The van der Waals surface area contributed by atoms with Gasteiger partial charge in [0.2, 0.25) is 0 Å².